The number of benzene rings is 1. The van der Waals surface area contributed by atoms with E-state index in [4.69, 9.17) is 9.72 Å². The highest BCUT2D eigenvalue weighted by Gasteiger charge is 2.16. The predicted molar refractivity (Wildman–Crippen MR) is 83.1 cm³/mol. The first kappa shape index (κ1) is 10.9. The zero-order valence-corrected chi connectivity index (χ0v) is 11.3. The largest absolute Gasteiger partial charge is 0.496 e. The Morgan fingerprint density at radius 2 is 2.10 bits per heavy atom. The molecule has 21 heavy (non-hydrogen) atoms. The summed E-state index contributed by atoms with van der Waals surface area (Å²) in [6, 6.07) is 12.6. The molecule has 0 saturated carbocycles. The predicted octanol–water partition coefficient (Wildman–Crippen LogP) is 4.09. The molecule has 3 nitrogen and oxygen atoms in total. The standard InChI is InChI=1S/C18H12N2O/c1-2-4-16-14(3-1)15-5-7-20-10-13-11-21-8-6-12(13)9-17(20)18(15)19-16/h1-10H,11H2. The summed E-state index contributed by atoms with van der Waals surface area (Å²) < 4.78 is 7.51. The van der Waals surface area contributed by atoms with Gasteiger partial charge in [0.05, 0.1) is 23.0 Å². The first-order valence-corrected chi connectivity index (χ1v) is 7.00. The van der Waals surface area contributed by atoms with Crippen molar-refractivity contribution in [2.75, 3.05) is 0 Å². The Hall–Kier alpha value is -2.81. The second-order valence-corrected chi connectivity index (χ2v) is 5.37. The maximum Gasteiger partial charge on any atom is 0.114 e. The molecule has 2 aromatic rings. The monoisotopic (exact) mass is 272 g/mol. The summed E-state index contributed by atoms with van der Waals surface area (Å²) in [6.07, 6.45) is 8.01. The lowest BCUT2D eigenvalue weighted by Gasteiger charge is -2.15. The Morgan fingerprint density at radius 1 is 1.14 bits per heavy atom. The molecule has 0 radical (unpaired) electrons. The van der Waals surface area contributed by atoms with Crippen molar-refractivity contribution in [3.63, 3.8) is 0 Å². The molecule has 0 amide bonds. The van der Waals surface area contributed by atoms with E-state index in [1.165, 1.54) is 22.1 Å². The molecule has 100 valence electrons. The highest BCUT2D eigenvalue weighted by Crippen LogP contribution is 2.34. The fraction of sp³-hybridized carbons (Fsp3) is 0.0556. The maximum atomic E-state index is 5.37. The molecule has 0 fully saturated rings. The molecular weight excluding hydrogens is 260 g/mol. The van der Waals surface area contributed by atoms with Crippen LogP contribution < -0.4 is 0 Å². The molecule has 3 heteroatoms. The Kier molecular flexibility index (Phi) is 2.00. The van der Waals surface area contributed by atoms with Gasteiger partial charge in [-0.05, 0) is 29.8 Å². The topological polar surface area (TPSA) is 26.5 Å². The van der Waals surface area contributed by atoms with E-state index < -0.39 is 0 Å². The van der Waals surface area contributed by atoms with E-state index in [9.17, 15) is 0 Å². The summed E-state index contributed by atoms with van der Waals surface area (Å²) in [5.41, 5.74) is 6.86. The highest BCUT2D eigenvalue weighted by atomic mass is 16.5. The van der Waals surface area contributed by atoms with Crippen molar-refractivity contribution in [3.05, 3.63) is 66.2 Å². The van der Waals surface area contributed by atoms with Crippen LogP contribution in [0.5, 0.6) is 0 Å². The average Bonchev–Trinajstić information content (AvgIpc) is 2.92. The lowest BCUT2D eigenvalue weighted by Crippen LogP contribution is -2.01. The molecule has 1 aromatic heterocycles. The van der Waals surface area contributed by atoms with Gasteiger partial charge >= 0.3 is 0 Å². The fourth-order valence-corrected chi connectivity index (χ4v) is 3.10. The quantitative estimate of drug-likeness (QED) is 0.482. The number of nitrogens with zero attached hydrogens (tertiary/aromatic N) is 2. The van der Waals surface area contributed by atoms with Crippen LogP contribution in [0.4, 0.5) is 0 Å². The summed E-state index contributed by atoms with van der Waals surface area (Å²) in [6.45, 7) is 0.628. The molecule has 0 atom stereocenters. The molecule has 3 aliphatic heterocycles. The summed E-state index contributed by atoms with van der Waals surface area (Å²) in [7, 11) is 0. The van der Waals surface area contributed by atoms with E-state index in [-0.39, 0.29) is 0 Å². The van der Waals surface area contributed by atoms with Gasteiger partial charge < -0.3 is 9.14 Å². The third-order valence-electron chi connectivity index (χ3n) is 4.14. The van der Waals surface area contributed by atoms with Crippen molar-refractivity contribution >= 4 is 22.5 Å². The molecular formula is C18H12N2O. The van der Waals surface area contributed by atoms with E-state index in [1.54, 1.807) is 6.26 Å². The molecule has 0 spiro atoms. The van der Waals surface area contributed by atoms with Crippen LogP contribution in [0.1, 0.15) is 11.1 Å². The van der Waals surface area contributed by atoms with E-state index in [2.05, 4.69) is 47.1 Å². The molecule has 3 aliphatic rings. The molecule has 4 heterocycles. The van der Waals surface area contributed by atoms with Gasteiger partial charge in [-0.15, -0.1) is 0 Å². The number of pyridine rings is 2. The fourth-order valence-electron chi connectivity index (χ4n) is 3.10. The SMILES string of the molecule is C1=Cc2cc3c4nc5ccccc5c-4ccn3cc2CO1. The lowest BCUT2D eigenvalue weighted by molar-refractivity contribution is 0.234. The second kappa shape index (κ2) is 3.85. The van der Waals surface area contributed by atoms with Gasteiger partial charge in [0, 0.05) is 28.9 Å². The summed E-state index contributed by atoms with van der Waals surface area (Å²) >= 11 is 0. The highest BCUT2D eigenvalue weighted by molar-refractivity contribution is 6.01. The summed E-state index contributed by atoms with van der Waals surface area (Å²) in [4.78, 5) is 4.82. The lowest BCUT2D eigenvalue weighted by atomic mass is 10.0. The van der Waals surface area contributed by atoms with Crippen molar-refractivity contribution < 1.29 is 4.74 Å². The Morgan fingerprint density at radius 3 is 3.10 bits per heavy atom. The Balaban J connectivity index is 1.93. The van der Waals surface area contributed by atoms with Crippen molar-refractivity contribution in [1.29, 1.82) is 0 Å². The van der Waals surface area contributed by atoms with Crippen molar-refractivity contribution in [3.8, 4) is 11.3 Å². The van der Waals surface area contributed by atoms with Crippen molar-refractivity contribution in [2.45, 2.75) is 6.61 Å². The number of hydrogen-bond donors (Lipinski definition) is 0. The molecule has 0 saturated heterocycles. The second-order valence-electron chi connectivity index (χ2n) is 5.37. The minimum atomic E-state index is 0.628. The maximum absolute atomic E-state index is 5.37. The van der Waals surface area contributed by atoms with Gasteiger partial charge in [-0.3, -0.25) is 0 Å². The first-order valence-electron chi connectivity index (χ1n) is 7.00. The number of para-hydroxylation sites is 1. The normalized spacial score (nSPS) is 13.7. The van der Waals surface area contributed by atoms with Gasteiger partial charge in [0.2, 0.25) is 0 Å². The average molecular weight is 272 g/mol. The van der Waals surface area contributed by atoms with E-state index in [1.807, 2.05) is 12.1 Å². The van der Waals surface area contributed by atoms with Crippen LogP contribution in [-0.4, -0.2) is 9.38 Å². The third kappa shape index (κ3) is 1.46. The van der Waals surface area contributed by atoms with E-state index in [0.717, 1.165) is 16.7 Å². The van der Waals surface area contributed by atoms with Crippen LogP contribution in [0, 0.1) is 0 Å². The van der Waals surface area contributed by atoms with E-state index in [0.29, 0.717) is 6.61 Å². The van der Waals surface area contributed by atoms with E-state index >= 15 is 0 Å². The van der Waals surface area contributed by atoms with Crippen LogP contribution in [-0.2, 0) is 11.3 Å². The van der Waals surface area contributed by atoms with Crippen molar-refractivity contribution in [1.82, 2.24) is 9.38 Å². The van der Waals surface area contributed by atoms with Gasteiger partial charge in [-0.2, -0.15) is 0 Å². The molecule has 0 unspecified atom stereocenters. The molecule has 5 rings (SSSR count). The van der Waals surface area contributed by atoms with Crippen LogP contribution in [0.2, 0.25) is 0 Å². The third-order valence-corrected chi connectivity index (χ3v) is 4.14. The van der Waals surface area contributed by atoms with Gasteiger partial charge in [0.15, 0.2) is 0 Å². The smallest absolute Gasteiger partial charge is 0.114 e. The molecule has 0 bridgehead atoms. The van der Waals surface area contributed by atoms with Crippen molar-refractivity contribution in [2.24, 2.45) is 0 Å². The van der Waals surface area contributed by atoms with Gasteiger partial charge in [0.25, 0.3) is 0 Å². The van der Waals surface area contributed by atoms with Gasteiger partial charge in [-0.1, -0.05) is 18.2 Å². The summed E-state index contributed by atoms with van der Waals surface area (Å²) in [5, 5.41) is 1.21. The Labute approximate surface area is 121 Å². The number of rotatable bonds is 0. The zero-order valence-electron chi connectivity index (χ0n) is 11.3. The first-order chi connectivity index (χ1) is 10.4. The minimum absolute atomic E-state index is 0.628. The zero-order chi connectivity index (χ0) is 13.8. The van der Waals surface area contributed by atoms with Crippen LogP contribution in [0.15, 0.2) is 55.1 Å². The van der Waals surface area contributed by atoms with Gasteiger partial charge in [0.1, 0.15) is 6.61 Å². The molecule has 0 aliphatic carbocycles. The Bertz CT molecular complexity index is 997. The molecule has 0 N–H and O–H groups in total. The summed E-state index contributed by atoms with van der Waals surface area (Å²) in [5.74, 6) is 0. The van der Waals surface area contributed by atoms with Crippen LogP contribution >= 0.6 is 0 Å². The number of hydrogen-bond acceptors (Lipinski definition) is 2. The molecule has 1 aromatic carbocycles. The number of fused-ring (bicyclic) bond motifs is 6. The van der Waals surface area contributed by atoms with Crippen LogP contribution in [0.3, 0.4) is 0 Å². The number of ether oxygens (including phenoxy) is 1. The van der Waals surface area contributed by atoms with Gasteiger partial charge in [-0.25, -0.2) is 4.98 Å². The van der Waals surface area contributed by atoms with Crippen LogP contribution in [0.25, 0.3) is 33.8 Å². The number of aromatic nitrogens is 2. The minimum Gasteiger partial charge on any atom is -0.496 e.